The zero-order valence-electron chi connectivity index (χ0n) is 19.7. The summed E-state index contributed by atoms with van der Waals surface area (Å²) in [6, 6.07) is -2.71. The van der Waals surface area contributed by atoms with Crippen LogP contribution < -0.4 is 0 Å². The van der Waals surface area contributed by atoms with Gasteiger partial charge in [0, 0.05) is 52.4 Å². The topological polar surface area (TPSA) is 142 Å². The fourth-order valence-electron chi connectivity index (χ4n) is 3.75. The van der Waals surface area contributed by atoms with Crippen LogP contribution in [0.4, 0.5) is 0 Å². The van der Waals surface area contributed by atoms with E-state index >= 15 is 0 Å². The third kappa shape index (κ3) is 8.12. The smallest absolute Gasteiger partial charge is 0.320 e. The molecule has 0 aliphatic carbocycles. The van der Waals surface area contributed by atoms with Crippen molar-refractivity contribution < 1.29 is 34.5 Å². The van der Waals surface area contributed by atoms with Crippen molar-refractivity contribution in [3.05, 3.63) is 0 Å². The van der Waals surface area contributed by atoms with E-state index in [9.17, 15) is 34.5 Å². The highest BCUT2D eigenvalue weighted by Crippen LogP contribution is 2.11. The van der Waals surface area contributed by atoms with Gasteiger partial charge in [-0.25, -0.2) is 0 Å². The normalized spacial score (nSPS) is 22.7. The summed E-state index contributed by atoms with van der Waals surface area (Å²) in [7, 11) is 0. The van der Waals surface area contributed by atoms with Gasteiger partial charge in [-0.2, -0.15) is 0 Å². The third-order valence-electron chi connectivity index (χ3n) is 6.55. The molecule has 32 heavy (non-hydrogen) atoms. The molecular weight excluding hydrogens is 420 g/mol. The molecule has 1 fully saturated rings. The number of aliphatic carboxylic acids is 3. The van der Waals surface area contributed by atoms with Gasteiger partial charge in [0.15, 0.2) is 0 Å². The molecule has 1 aliphatic heterocycles. The molecule has 4 atom stereocenters. The van der Waals surface area contributed by atoms with Crippen molar-refractivity contribution >= 4 is 23.7 Å². The van der Waals surface area contributed by atoms with E-state index in [2.05, 4.69) is 0 Å². The van der Waals surface area contributed by atoms with Gasteiger partial charge in [-0.1, -0.05) is 0 Å². The zero-order valence-corrected chi connectivity index (χ0v) is 19.7. The molecule has 184 valence electrons. The van der Waals surface area contributed by atoms with Crippen molar-refractivity contribution in [1.29, 1.82) is 0 Å². The average molecular weight is 459 g/mol. The lowest BCUT2D eigenvalue weighted by atomic mass is 10.1. The summed E-state index contributed by atoms with van der Waals surface area (Å²) in [6.45, 7) is 11.0. The second-order valence-electron chi connectivity index (χ2n) is 8.47. The zero-order chi connectivity index (χ0) is 24.6. The molecular formula is C21H38N4O7. The fraction of sp³-hybridized carbons (Fsp3) is 0.810. The molecule has 0 saturated carbocycles. The maximum absolute atomic E-state index is 12.0. The molecule has 1 aliphatic rings. The van der Waals surface area contributed by atoms with Crippen LogP contribution >= 0.6 is 0 Å². The molecule has 0 bridgehead atoms. The lowest BCUT2D eigenvalue weighted by molar-refractivity contribution is -0.146. The summed E-state index contributed by atoms with van der Waals surface area (Å²) in [5.41, 5.74) is 0. The molecule has 0 aromatic rings. The number of hydrogen-bond acceptors (Lipinski definition) is 8. The summed E-state index contributed by atoms with van der Waals surface area (Å²) in [6.07, 6.45) is 0. The van der Waals surface area contributed by atoms with Gasteiger partial charge >= 0.3 is 17.9 Å². The van der Waals surface area contributed by atoms with Gasteiger partial charge in [-0.3, -0.25) is 38.8 Å². The number of carbonyl (C=O) groups excluding carboxylic acids is 1. The summed E-state index contributed by atoms with van der Waals surface area (Å²) in [5.74, 6) is -2.95. The van der Waals surface area contributed by atoms with Gasteiger partial charge in [0.05, 0.1) is 6.04 Å². The van der Waals surface area contributed by atoms with E-state index in [0.717, 1.165) is 0 Å². The van der Waals surface area contributed by atoms with E-state index in [0.29, 0.717) is 52.4 Å². The number of ketones is 1. The average Bonchev–Trinajstić information content (AvgIpc) is 2.72. The molecule has 3 N–H and O–H groups in total. The molecule has 1 saturated heterocycles. The summed E-state index contributed by atoms with van der Waals surface area (Å²) in [5, 5.41) is 28.5. The second-order valence-corrected chi connectivity index (χ2v) is 8.47. The number of carbonyl (C=O) groups is 4. The van der Waals surface area contributed by atoms with Gasteiger partial charge in [-0.15, -0.1) is 0 Å². The summed E-state index contributed by atoms with van der Waals surface area (Å²) >= 11 is 0. The molecule has 0 amide bonds. The quantitative estimate of drug-likeness (QED) is 0.437. The minimum absolute atomic E-state index is 0.0192. The van der Waals surface area contributed by atoms with Crippen molar-refractivity contribution in [3.63, 3.8) is 0 Å². The van der Waals surface area contributed by atoms with E-state index in [1.165, 1.54) is 6.92 Å². The van der Waals surface area contributed by atoms with Gasteiger partial charge in [0.25, 0.3) is 0 Å². The Hall–Kier alpha value is -2.08. The Morgan fingerprint density at radius 1 is 0.500 bits per heavy atom. The Bertz CT molecular complexity index is 547. The Balaban J connectivity index is 3.21. The Morgan fingerprint density at radius 2 is 0.688 bits per heavy atom. The molecule has 0 radical (unpaired) electrons. The van der Waals surface area contributed by atoms with Crippen molar-refractivity contribution in [2.45, 2.75) is 58.8 Å². The van der Waals surface area contributed by atoms with Gasteiger partial charge in [0.1, 0.15) is 23.9 Å². The van der Waals surface area contributed by atoms with Crippen LogP contribution in [0.3, 0.4) is 0 Å². The second kappa shape index (κ2) is 12.8. The van der Waals surface area contributed by atoms with Crippen LogP contribution in [0.2, 0.25) is 0 Å². The van der Waals surface area contributed by atoms with Crippen LogP contribution in [0.15, 0.2) is 0 Å². The highest BCUT2D eigenvalue weighted by molar-refractivity contribution is 5.81. The van der Waals surface area contributed by atoms with E-state index in [1.54, 1.807) is 42.4 Å². The maximum atomic E-state index is 12.0. The number of rotatable bonds is 8. The maximum Gasteiger partial charge on any atom is 0.320 e. The van der Waals surface area contributed by atoms with Crippen molar-refractivity contribution in [2.24, 2.45) is 0 Å². The molecule has 11 nitrogen and oxygen atoms in total. The van der Waals surface area contributed by atoms with Crippen LogP contribution in [0.25, 0.3) is 0 Å². The lowest BCUT2D eigenvalue weighted by Gasteiger charge is -2.38. The monoisotopic (exact) mass is 458 g/mol. The predicted molar refractivity (Wildman–Crippen MR) is 118 cm³/mol. The Kier molecular flexibility index (Phi) is 11.2. The number of Topliss-reactive ketones (excluding diaryl/α,β-unsaturated/α-hetero) is 1. The lowest BCUT2D eigenvalue weighted by Crippen LogP contribution is -2.54. The largest absolute Gasteiger partial charge is 0.480 e. The fourth-order valence-corrected chi connectivity index (χ4v) is 3.75. The van der Waals surface area contributed by atoms with E-state index < -0.39 is 36.0 Å². The standard InChI is InChI=1S/C21H38N4O7/c1-14(18(5)26)22-6-8-23(15(2)19(27)28)10-12-25(17(4)21(31)32)13-11-24(9-7-22)16(3)20(29)30/h14-17H,6-13H2,1-5H3,(H,27,28)(H,29,30)(H,31,32)/t14-,15-,16-,17-/m0/s1. The van der Waals surface area contributed by atoms with Gasteiger partial charge in [0.2, 0.25) is 0 Å². The number of hydrogen-bond donors (Lipinski definition) is 3. The molecule has 1 heterocycles. The first-order valence-electron chi connectivity index (χ1n) is 11.0. The van der Waals surface area contributed by atoms with E-state index in [-0.39, 0.29) is 11.8 Å². The Labute approximate surface area is 189 Å². The van der Waals surface area contributed by atoms with Crippen LogP contribution in [0, 0.1) is 0 Å². The molecule has 0 unspecified atom stereocenters. The first kappa shape index (κ1) is 28.0. The first-order valence-corrected chi connectivity index (χ1v) is 11.0. The van der Waals surface area contributed by atoms with Crippen LogP contribution in [-0.4, -0.2) is 135 Å². The van der Waals surface area contributed by atoms with Crippen LogP contribution in [0.5, 0.6) is 0 Å². The van der Waals surface area contributed by atoms with Gasteiger partial charge in [-0.05, 0) is 34.6 Å². The molecule has 11 heteroatoms. The number of nitrogens with zero attached hydrogens (tertiary/aromatic N) is 4. The van der Waals surface area contributed by atoms with Crippen LogP contribution in [0.1, 0.15) is 34.6 Å². The van der Waals surface area contributed by atoms with Crippen LogP contribution in [-0.2, 0) is 19.2 Å². The van der Waals surface area contributed by atoms with Crippen molar-refractivity contribution in [3.8, 4) is 0 Å². The minimum Gasteiger partial charge on any atom is -0.480 e. The molecule has 1 rings (SSSR count). The van der Waals surface area contributed by atoms with E-state index in [1.807, 2.05) is 4.90 Å². The van der Waals surface area contributed by atoms with Crippen molar-refractivity contribution in [2.75, 3.05) is 52.4 Å². The SMILES string of the molecule is CC(=O)[C@H](C)N1CCN([C@@H](C)C(=O)O)CCN([C@@H](C)C(=O)O)CCN([C@@H](C)C(=O)O)CC1. The number of carboxylic acids is 3. The molecule has 0 aromatic carbocycles. The minimum atomic E-state index is -0.991. The summed E-state index contributed by atoms with van der Waals surface area (Å²) < 4.78 is 0. The highest BCUT2D eigenvalue weighted by Gasteiger charge is 2.29. The Morgan fingerprint density at radius 3 is 0.844 bits per heavy atom. The first-order chi connectivity index (χ1) is 14.9. The molecule has 0 spiro atoms. The van der Waals surface area contributed by atoms with Crippen molar-refractivity contribution in [1.82, 2.24) is 19.6 Å². The predicted octanol–water partition coefficient (Wildman–Crippen LogP) is -0.395. The molecule has 0 aromatic heterocycles. The highest BCUT2D eigenvalue weighted by atomic mass is 16.4. The third-order valence-corrected chi connectivity index (χ3v) is 6.55. The number of carboxylic acid groups (broad SMARTS) is 3. The summed E-state index contributed by atoms with van der Waals surface area (Å²) in [4.78, 5) is 54.1. The van der Waals surface area contributed by atoms with E-state index in [4.69, 9.17) is 0 Å². The van der Waals surface area contributed by atoms with Gasteiger partial charge < -0.3 is 15.3 Å².